The lowest BCUT2D eigenvalue weighted by atomic mass is 10.2. The number of hydrogen-bond donors (Lipinski definition) is 1. The van der Waals surface area contributed by atoms with Gasteiger partial charge >= 0.3 is 6.01 Å². The lowest BCUT2D eigenvalue weighted by Gasteiger charge is -1.98. The first kappa shape index (κ1) is 15.4. The molecule has 0 radical (unpaired) electrons. The highest BCUT2D eigenvalue weighted by Gasteiger charge is 2.17. The number of amides is 1. The maximum absolute atomic E-state index is 12.0. The number of nitrogens with one attached hydrogen (secondary N) is 1. The quantitative estimate of drug-likeness (QED) is 0.586. The Morgan fingerprint density at radius 2 is 2.16 bits per heavy atom. The molecular weight excluding hydrogens is 342 g/mol. The number of hydrogen-bond acceptors (Lipinski definition) is 7. The molecule has 1 amide bonds. The van der Waals surface area contributed by atoms with E-state index in [9.17, 15) is 4.79 Å². The molecule has 1 N–H and O–H groups in total. The van der Waals surface area contributed by atoms with E-state index in [1.807, 2.05) is 29.6 Å². The van der Waals surface area contributed by atoms with Crippen LogP contribution in [-0.2, 0) is 11.2 Å². The number of rotatable bonds is 5. The van der Waals surface area contributed by atoms with E-state index >= 15 is 0 Å². The van der Waals surface area contributed by atoms with Crippen molar-refractivity contribution in [3.8, 4) is 17.4 Å². The van der Waals surface area contributed by atoms with Gasteiger partial charge in [-0.1, -0.05) is 23.3 Å². The van der Waals surface area contributed by atoms with Crippen LogP contribution in [0.25, 0.3) is 22.6 Å². The molecule has 3 heterocycles. The molecule has 0 bridgehead atoms. The maximum Gasteiger partial charge on any atom is 0.322 e. The molecule has 3 aromatic heterocycles. The van der Waals surface area contributed by atoms with Gasteiger partial charge in [0, 0.05) is 10.3 Å². The third-order valence-corrected chi connectivity index (χ3v) is 4.40. The van der Waals surface area contributed by atoms with Crippen molar-refractivity contribution >= 4 is 34.2 Å². The van der Waals surface area contributed by atoms with Crippen LogP contribution in [-0.4, -0.2) is 23.2 Å². The Morgan fingerprint density at radius 3 is 2.96 bits per heavy atom. The molecule has 0 unspecified atom stereocenters. The maximum atomic E-state index is 12.0. The lowest BCUT2D eigenvalue weighted by molar-refractivity contribution is -0.115. The Balaban J connectivity index is 1.54. The SMILES string of the molecule is COc1cccc2cc(-c3nnc(NC(=O)Cc4cccs4)o3)oc12. The number of carbonyl (C=O) groups is 1. The normalized spacial score (nSPS) is 10.9. The van der Waals surface area contributed by atoms with E-state index in [2.05, 4.69) is 15.5 Å². The number of benzene rings is 1. The van der Waals surface area contributed by atoms with Gasteiger partial charge in [-0.2, -0.15) is 0 Å². The van der Waals surface area contributed by atoms with Gasteiger partial charge in [0.05, 0.1) is 13.5 Å². The summed E-state index contributed by atoms with van der Waals surface area (Å²) in [5.74, 6) is 0.993. The van der Waals surface area contributed by atoms with Gasteiger partial charge in [-0.05, 0) is 23.6 Å². The minimum atomic E-state index is -0.219. The molecule has 0 aliphatic rings. The van der Waals surface area contributed by atoms with Gasteiger partial charge < -0.3 is 13.6 Å². The van der Waals surface area contributed by atoms with E-state index in [1.165, 1.54) is 11.3 Å². The number of furan rings is 1. The average Bonchev–Trinajstić information content (AvgIpc) is 3.33. The minimum absolute atomic E-state index is 0.0315. The summed E-state index contributed by atoms with van der Waals surface area (Å²) in [5.41, 5.74) is 0.599. The monoisotopic (exact) mass is 355 g/mol. The zero-order valence-corrected chi connectivity index (χ0v) is 14.0. The molecule has 0 saturated carbocycles. The highest BCUT2D eigenvalue weighted by Crippen LogP contribution is 2.33. The van der Waals surface area contributed by atoms with E-state index < -0.39 is 0 Å². The third-order valence-electron chi connectivity index (χ3n) is 3.52. The summed E-state index contributed by atoms with van der Waals surface area (Å²) in [5, 5.41) is 13.1. The van der Waals surface area contributed by atoms with Gasteiger partial charge in [-0.15, -0.1) is 16.4 Å². The Morgan fingerprint density at radius 1 is 1.24 bits per heavy atom. The number of ether oxygens (including phenoxy) is 1. The molecule has 0 spiro atoms. The van der Waals surface area contributed by atoms with Crippen LogP contribution in [0.5, 0.6) is 5.75 Å². The number of aromatic nitrogens is 2. The number of para-hydroxylation sites is 1. The van der Waals surface area contributed by atoms with E-state index in [0.717, 1.165) is 10.3 Å². The molecule has 0 aliphatic carbocycles. The number of carbonyl (C=O) groups excluding carboxylic acids is 1. The summed E-state index contributed by atoms with van der Waals surface area (Å²) in [6.45, 7) is 0. The standard InChI is InChI=1S/C17H13N3O4S/c1-22-12-6-2-4-10-8-13(23-15(10)12)16-19-20-17(24-16)18-14(21)9-11-5-3-7-25-11/h2-8H,9H2,1H3,(H,18,20,21). The first-order valence-electron chi connectivity index (χ1n) is 7.45. The number of anilines is 1. The average molecular weight is 355 g/mol. The third kappa shape index (κ3) is 3.11. The van der Waals surface area contributed by atoms with Crippen molar-refractivity contribution in [1.29, 1.82) is 0 Å². The van der Waals surface area contributed by atoms with Crippen molar-refractivity contribution in [3.63, 3.8) is 0 Å². The molecule has 0 aliphatic heterocycles. The van der Waals surface area contributed by atoms with E-state index in [1.54, 1.807) is 19.2 Å². The highest BCUT2D eigenvalue weighted by molar-refractivity contribution is 7.10. The van der Waals surface area contributed by atoms with Crippen molar-refractivity contribution in [2.75, 3.05) is 12.4 Å². The van der Waals surface area contributed by atoms with Crippen molar-refractivity contribution in [3.05, 3.63) is 46.7 Å². The van der Waals surface area contributed by atoms with Crippen molar-refractivity contribution in [1.82, 2.24) is 10.2 Å². The first-order chi connectivity index (χ1) is 12.2. The fourth-order valence-corrected chi connectivity index (χ4v) is 3.11. The van der Waals surface area contributed by atoms with E-state index in [-0.39, 0.29) is 24.2 Å². The van der Waals surface area contributed by atoms with Crippen molar-refractivity contribution in [2.24, 2.45) is 0 Å². The van der Waals surface area contributed by atoms with Crippen LogP contribution in [0.4, 0.5) is 6.01 Å². The van der Waals surface area contributed by atoms with Gasteiger partial charge in [0.2, 0.25) is 5.91 Å². The topological polar surface area (TPSA) is 90.4 Å². The number of fused-ring (bicyclic) bond motifs is 1. The smallest absolute Gasteiger partial charge is 0.322 e. The molecule has 7 nitrogen and oxygen atoms in total. The van der Waals surface area contributed by atoms with Crippen LogP contribution in [0.2, 0.25) is 0 Å². The largest absolute Gasteiger partial charge is 0.493 e. The summed E-state index contributed by atoms with van der Waals surface area (Å²) in [4.78, 5) is 12.9. The minimum Gasteiger partial charge on any atom is -0.493 e. The van der Waals surface area contributed by atoms with Crippen LogP contribution in [0.3, 0.4) is 0 Å². The second-order valence-electron chi connectivity index (χ2n) is 5.21. The number of thiophene rings is 1. The second kappa shape index (κ2) is 6.40. The molecule has 1 aromatic carbocycles. The van der Waals surface area contributed by atoms with Gasteiger partial charge in [0.1, 0.15) is 0 Å². The van der Waals surface area contributed by atoms with Crippen molar-refractivity contribution in [2.45, 2.75) is 6.42 Å². The summed E-state index contributed by atoms with van der Waals surface area (Å²) < 4.78 is 16.5. The lowest BCUT2D eigenvalue weighted by Crippen LogP contribution is -2.13. The Hall–Kier alpha value is -3.13. The van der Waals surface area contributed by atoms with Gasteiger partial charge in [0.25, 0.3) is 5.89 Å². The molecule has 4 aromatic rings. The summed E-state index contributed by atoms with van der Waals surface area (Å²) in [7, 11) is 1.57. The molecule has 0 fully saturated rings. The summed E-state index contributed by atoms with van der Waals surface area (Å²) >= 11 is 1.52. The molecule has 126 valence electrons. The van der Waals surface area contributed by atoms with E-state index in [4.69, 9.17) is 13.6 Å². The van der Waals surface area contributed by atoms with Crippen LogP contribution in [0.1, 0.15) is 4.88 Å². The Labute approximate surface area is 146 Å². The zero-order chi connectivity index (χ0) is 17.2. The molecule has 0 saturated heterocycles. The first-order valence-corrected chi connectivity index (χ1v) is 8.33. The molecule has 4 rings (SSSR count). The van der Waals surface area contributed by atoms with Crippen LogP contribution < -0.4 is 10.1 Å². The zero-order valence-electron chi connectivity index (χ0n) is 13.2. The number of methoxy groups -OCH3 is 1. The van der Waals surface area contributed by atoms with Crippen LogP contribution in [0, 0.1) is 0 Å². The molecule has 25 heavy (non-hydrogen) atoms. The predicted octanol–water partition coefficient (Wildman–Crippen LogP) is 3.73. The summed E-state index contributed by atoms with van der Waals surface area (Å²) in [6.07, 6.45) is 0.261. The summed E-state index contributed by atoms with van der Waals surface area (Å²) in [6, 6.07) is 11.2. The van der Waals surface area contributed by atoms with Gasteiger partial charge in [-0.25, -0.2) is 0 Å². The molecule has 8 heteroatoms. The molecular formula is C17H13N3O4S. The van der Waals surface area contributed by atoms with Gasteiger partial charge in [0.15, 0.2) is 17.1 Å². The Bertz CT molecular complexity index is 1020. The van der Waals surface area contributed by atoms with Crippen LogP contribution in [0.15, 0.2) is 50.6 Å². The predicted molar refractivity (Wildman–Crippen MR) is 92.7 cm³/mol. The van der Waals surface area contributed by atoms with Gasteiger partial charge in [-0.3, -0.25) is 10.1 Å². The van der Waals surface area contributed by atoms with Crippen LogP contribution >= 0.6 is 11.3 Å². The second-order valence-corrected chi connectivity index (χ2v) is 6.24. The molecule has 0 atom stereocenters. The number of nitrogens with zero attached hydrogens (tertiary/aromatic N) is 2. The Kier molecular flexibility index (Phi) is 3.95. The highest BCUT2D eigenvalue weighted by atomic mass is 32.1. The fourth-order valence-electron chi connectivity index (χ4n) is 2.41. The van der Waals surface area contributed by atoms with Crippen molar-refractivity contribution < 1.29 is 18.4 Å². The van der Waals surface area contributed by atoms with E-state index in [0.29, 0.717) is 17.1 Å². The fraction of sp³-hybridized carbons (Fsp3) is 0.118.